The summed E-state index contributed by atoms with van der Waals surface area (Å²) in [7, 11) is 1.69. The van der Waals surface area contributed by atoms with Gasteiger partial charge in [0.1, 0.15) is 5.60 Å². The fourth-order valence-electron chi connectivity index (χ4n) is 2.14. The molecule has 1 amide bonds. The number of nitrogens with zero attached hydrogens (tertiary/aromatic N) is 2. The maximum Gasteiger partial charge on any atom is 0.414 e. The van der Waals surface area contributed by atoms with E-state index >= 15 is 0 Å². The molecule has 4 nitrogen and oxygen atoms in total. The molecule has 132 valence electrons. The molecule has 2 aromatic carbocycles. The van der Waals surface area contributed by atoms with Crippen molar-refractivity contribution in [3.05, 3.63) is 59.1 Å². The van der Waals surface area contributed by atoms with E-state index in [0.29, 0.717) is 5.02 Å². The lowest BCUT2D eigenvalue weighted by Crippen LogP contribution is -2.34. The Morgan fingerprint density at radius 3 is 2.12 bits per heavy atom. The molecule has 25 heavy (non-hydrogen) atoms. The van der Waals surface area contributed by atoms with Crippen LogP contribution in [0, 0.1) is 0 Å². The minimum Gasteiger partial charge on any atom is -0.443 e. The van der Waals surface area contributed by atoms with Crippen LogP contribution in [0.25, 0.3) is 0 Å². The Balaban J connectivity index is 2.12. The van der Waals surface area contributed by atoms with Crippen molar-refractivity contribution in [1.82, 2.24) is 0 Å². The number of hydrogen-bond acceptors (Lipinski definition) is 3. The van der Waals surface area contributed by atoms with Gasteiger partial charge in [0.15, 0.2) is 0 Å². The first-order chi connectivity index (χ1) is 11.7. The molecule has 0 N–H and O–H groups in total. The van der Waals surface area contributed by atoms with Crippen LogP contribution in [-0.2, 0) is 4.74 Å². The quantitative estimate of drug-likeness (QED) is 0.645. The highest BCUT2D eigenvalue weighted by Gasteiger charge is 2.20. The molecule has 0 saturated heterocycles. The predicted octanol–water partition coefficient (Wildman–Crippen LogP) is 5.85. The van der Waals surface area contributed by atoms with Gasteiger partial charge in [0.2, 0.25) is 0 Å². The van der Waals surface area contributed by atoms with Gasteiger partial charge in [0, 0.05) is 23.5 Å². The number of halogens is 1. The highest BCUT2D eigenvalue weighted by Crippen LogP contribution is 2.22. The third-order valence-electron chi connectivity index (χ3n) is 3.46. The molecule has 0 atom stereocenters. The summed E-state index contributed by atoms with van der Waals surface area (Å²) in [4.78, 5) is 18.2. The Labute approximate surface area is 154 Å². The normalized spacial score (nSPS) is 12.0. The Bertz CT molecular complexity index is 760. The Morgan fingerprint density at radius 1 is 1.04 bits per heavy atom. The fraction of sp³-hybridized carbons (Fsp3) is 0.300. The summed E-state index contributed by atoms with van der Waals surface area (Å²) < 4.78 is 5.36. The van der Waals surface area contributed by atoms with Crippen LogP contribution in [0.15, 0.2) is 53.5 Å². The van der Waals surface area contributed by atoms with E-state index in [2.05, 4.69) is 4.99 Å². The monoisotopic (exact) mass is 358 g/mol. The van der Waals surface area contributed by atoms with Crippen molar-refractivity contribution >= 4 is 34.8 Å². The first kappa shape index (κ1) is 19.0. The van der Waals surface area contributed by atoms with Crippen LogP contribution in [0.5, 0.6) is 0 Å². The van der Waals surface area contributed by atoms with Gasteiger partial charge in [-0.25, -0.2) is 4.79 Å². The van der Waals surface area contributed by atoms with Crippen molar-refractivity contribution in [3.8, 4) is 0 Å². The van der Waals surface area contributed by atoms with Crippen molar-refractivity contribution < 1.29 is 9.53 Å². The van der Waals surface area contributed by atoms with E-state index in [9.17, 15) is 4.79 Å². The zero-order valence-corrected chi connectivity index (χ0v) is 16.0. The van der Waals surface area contributed by atoms with E-state index in [0.717, 1.165) is 22.6 Å². The number of carbonyl (C=O) groups excluding carboxylic acids is 1. The topological polar surface area (TPSA) is 41.9 Å². The zero-order chi connectivity index (χ0) is 18.6. The smallest absolute Gasteiger partial charge is 0.414 e. The molecular weight excluding hydrogens is 336 g/mol. The Hall–Kier alpha value is -2.33. The van der Waals surface area contributed by atoms with E-state index in [1.54, 1.807) is 7.05 Å². The van der Waals surface area contributed by atoms with Crippen LogP contribution in [0.4, 0.5) is 16.2 Å². The van der Waals surface area contributed by atoms with Crippen molar-refractivity contribution in [1.29, 1.82) is 0 Å². The highest BCUT2D eigenvalue weighted by atomic mass is 35.5. The van der Waals surface area contributed by atoms with Gasteiger partial charge in [-0.3, -0.25) is 9.89 Å². The van der Waals surface area contributed by atoms with Crippen LogP contribution in [-0.4, -0.2) is 24.5 Å². The van der Waals surface area contributed by atoms with Gasteiger partial charge in [-0.1, -0.05) is 23.7 Å². The molecule has 0 aromatic heterocycles. The fourth-order valence-corrected chi connectivity index (χ4v) is 2.26. The lowest BCUT2D eigenvalue weighted by Gasteiger charge is -2.24. The van der Waals surface area contributed by atoms with Crippen molar-refractivity contribution in [2.24, 2.45) is 4.99 Å². The molecule has 0 aliphatic carbocycles. The van der Waals surface area contributed by atoms with E-state index < -0.39 is 5.60 Å². The highest BCUT2D eigenvalue weighted by molar-refractivity contribution is 6.30. The van der Waals surface area contributed by atoms with Gasteiger partial charge < -0.3 is 4.74 Å². The SMILES string of the molecule is CC(=Nc1ccc(N(C)C(=O)OC(C)(C)C)cc1)c1ccc(Cl)cc1. The van der Waals surface area contributed by atoms with Gasteiger partial charge in [-0.05, 0) is 69.7 Å². The predicted molar refractivity (Wildman–Crippen MR) is 104 cm³/mol. The summed E-state index contributed by atoms with van der Waals surface area (Å²) in [6, 6.07) is 15.0. The summed E-state index contributed by atoms with van der Waals surface area (Å²) in [6.45, 7) is 7.48. The average molecular weight is 359 g/mol. The minimum absolute atomic E-state index is 0.388. The lowest BCUT2D eigenvalue weighted by atomic mass is 10.1. The van der Waals surface area contributed by atoms with Gasteiger partial charge >= 0.3 is 6.09 Å². The standard InChI is InChI=1S/C20H23ClN2O2/c1-14(15-6-8-16(21)9-7-15)22-17-10-12-18(13-11-17)23(5)19(24)25-20(2,3)4/h6-13H,1-5H3. The first-order valence-corrected chi connectivity index (χ1v) is 8.41. The van der Waals surface area contributed by atoms with Crippen LogP contribution in [0.1, 0.15) is 33.3 Å². The third kappa shape index (κ3) is 5.61. The number of benzene rings is 2. The number of amides is 1. The van der Waals surface area contributed by atoms with Gasteiger partial charge in [-0.15, -0.1) is 0 Å². The number of hydrogen-bond donors (Lipinski definition) is 0. The van der Waals surface area contributed by atoms with E-state index in [-0.39, 0.29) is 6.09 Å². The number of aliphatic imine (C=N–C) groups is 1. The molecule has 0 aliphatic rings. The summed E-state index contributed by atoms with van der Waals surface area (Å²) in [5, 5.41) is 0.700. The van der Waals surface area contributed by atoms with Gasteiger partial charge in [-0.2, -0.15) is 0 Å². The van der Waals surface area contributed by atoms with Crippen LogP contribution >= 0.6 is 11.6 Å². The Morgan fingerprint density at radius 2 is 1.60 bits per heavy atom. The molecule has 2 aromatic rings. The van der Waals surface area contributed by atoms with E-state index in [4.69, 9.17) is 16.3 Å². The van der Waals surface area contributed by atoms with Crippen LogP contribution < -0.4 is 4.90 Å². The molecule has 0 aliphatic heterocycles. The summed E-state index contributed by atoms with van der Waals surface area (Å²) in [6.07, 6.45) is -0.388. The maximum atomic E-state index is 12.1. The molecule has 0 radical (unpaired) electrons. The maximum absolute atomic E-state index is 12.1. The van der Waals surface area contributed by atoms with E-state index in [1.165, 1.54) is 4.90 Å². The summed E-state index contributed by atoms with van der Waals surface area (Å²) >= 11 is 5.91. The van der Waals surface area contributed by atoms with Gasteiger partial charge in [0.25, 0.3) is 0 Å². The molecule has 5 heteroatoms. The van der Waals surface area contributed by atoms with Crippen LogP contribution in [0.2, 0.25) is 5.02 Å². The van der Waals surface area contributed by atoms with Crippen molar-refractivity contribution in [2.75, 3.05) is 11.9 Å². The number of rotatable bonds is 3. The average Bonchev–Trinajstić information content (AvgIpc) is 2.54. The largest absolute Gasteiger partial charge is 0.443 e. The minimum atomic E-state index is -0.523. The molecule has 0 fully saturated rings. The summed E-state index contributed by atoms with van der Waals surface area (Å²) in [5.41, 5.74) is 2.95. The molecule has 0 unspecified atom stereocenters. The third-order valence-corrected chi connectivity index (χ3v) is 3.72. The second-order valence-corrected chi connectivity index (χ2v) is 7.20. The second kappa shape index (κ2) is 7.70. The number of ether oxygens (including phenoxy) is 1. The first-order valence-electron chi connectivity index (χ1n) is 8.04. The molecular formula is C20H23ClN2O2. The Kier molecular flexibility index (Phi) is 5.85. The molecule has 0 saturated carbocycles. The van der Waals surface area contributed by atoms with Crippen molar-refractivity contribution in [2.45, 2.75) is 33.3 Å². The molecule has 0 spiro atoms. The van der Waals surface area contributed by atoms with Gasteiger partial charge in [0.05, 0.1) is 5.69 Å². The molecule has 0 bridgehead atoms. The lowest BCUT2D eigenvalue weighted by molar-refractivity contribution is 0.0589. The summed E-state index contributed by atoms with van der Waals surface area (Å²) in [5.74, 6) is 0. The van der Waals surface area contributed by atoms with E-state index in [1.807, 2.05) is 76.2 Å². The molecule has 2 rings (SSSR count). The number of carbonyl (C=O) groups is 1. The van der Waals surface area contributed by atoms with Crippen LogP contribution in [0.3, 0.4) is 0 Å². The zero-order valence-electron chi connectivity index (χ0n) is 15.2. The number of anilines is 1. The van der Waals surface area contributed by atoms with Crippen molar-refractivity contribution in [3.63, 3.8) is 0 Å². The molecule has 0 heterocycles. The second-order valence-electron chi connectivity index (χ2n) is 6.76.